The van der Waals surface area contributed by atoms with Crippen molar-refractivity contribution in [3.05, 3.63) is 40.5 Å². The zero-order chi connectivity index (χ0) is 20.0. The van der Waals surface area contributed by atoms with Gasteiger partial charge >= 0.3 is 0 Å². The van der Waals surface area contributed by atoms with Gasteiger partial charge in [0.1, 0.15) is 28.4 Å². The second-order valence-corrected chi connectivity index (χ2v) is 7.56. The zero-order valence-electron chi connectivity index (χ0n) is 15.6. The van der Waals surface area contributed by atoms with E-state index in [1.54, 1.807) is 14.2 Å². The molecule has 1 aliphatic rings. The number of anilines is 2. The van der Waals surface area contributed by atoms with Crippen LogP contribution in [0.5, 0.6) is 11.5 Å². The Balaban J connectivity index is 2.02. The maximum Gasteiger partial charge on any atom is 0.225 e. The number of aryl methyl sites for hydroxylation is 1. The molecule has 3 N–H and O–H groups in total. The normalized spacial score (nSPS) is 15.6. The average Bonchev–Trinajstić information content (AvgIpc) is 3.05. The quantitative estimate of drug-likeness (QED) is 0.703. The van der Waals surface area contributed by atoms with Crippen LogP contribution in [0.3, 0.4) is 0 Å². The van der Waals surface area contributed by atoms with E-state index in [9.17, 15) is 10.1 Å². The van der Waals surface area contributed by atoms with E-state index in [4.69, 9.17) is 15.2 Å². The Morgan fingerprint density at radius 2 is 2.14 bits per heavy atom. The minimum atomic E-state index is -0.262. The first-order valence-electron chi connectivity index (χ1n) is 8.62. The number of nitrogens with zero attached hydrogens (tertiary/aromatic N) is 2. The Morgan fingerprint density at radius 1 is 1.36 bits per heavy atom. The van der Waals surface area contributed by atoms with E-state index in [-0.39, 0.29) is 24.1 Å². The molecular formula is C20H18N4O3S. The minimum Gasteiger partial charge on any atom is -0.497 e. The zero-order valence-corrected chi connectivity index (χ0v) is 16.4. The summed E-state index contributed by atoms with van der Waals surface area (Å²) in [5, 5.41) is 13.1. The number of amides is 1. The second-order valence-electron chi connectivity index (χ2n) is 6.54. The first kappa shape index (κ1) is 18.1. The topological polar surface area (TPSA) is 110 Å². The molecule has 0 fully saturated rings. The molecule has 3 heterocycles. The van der Waals surface area contributed by atoms with E-state index in [1.165, 1.54) is 11.3 Å². The molecule has 1 aliphatic heterocycles. The molecule has 0 spiro atoms. The van der Waals surface area contributed by atoms with E-state index in [2.05, 4.69) is 16.4 Å². The number of ether oxygens (including phenoxy) is 2. The molecule has 0 aliphatic carbocycles. The smallest absolute Gasteiger partial charge is 0.225 e. The lowest BCUT2D eigenvalue weighted by Gasteiger charge is -2.25. The van der Waals surface area contributed by atoms with Crippen molar-refractivity contribution in [1.82, 2.24) is 4.98 Å². The maximum absolute atomic E-state index is 12.4. The molecule has 1 unspecified atom stereocenters. The fourth-order valence-electron chi connectivity index (χ4n) is 3.68. The van der Waals surface area contributed by atoms with Crippen LogP contribution in [0.4, 0.5) is 10.8 Å². The maximum atomic E-state index is 12.4. The summed E-state index contributed by atoms with van der Waals surface area (Å²) in [5.41, 5.74) is 9.64. The van der Waals surface area contributed by atoms with Crippen LogP contribution >= 0.6 is 11.3 Å². The van der Waals surface area contributed by atoms with Crippen LogP contribution < -0.4 is 20.5 Å². The summed E-state index contributed by atoms with van der Waals surface area (Å²) in [5.74, 6) is 1.20. The van der Waals surface area contributed by atoms with Crippen molar-refractivity contribution >= 4 is 38.3 Å². The van der Waals surface area contributed by atoms with Gasteiger partial charge in [0, 0.05) is 23.5 Å². The molecule has 1 amide bonds. The Kier molecular flexibility index (Phi) is 4.32. The van der Waals surface area contributed by atoms with Gasteiger partial charge in [0.25, 0.3) is 0 Å². The van der Waals surface area contributed by atoms with E-state index in [1.807, 2.05) is 25.1 Å². The van der Waals surface area contributed by atoms with Crippen LogP contribution in [0.15, 0.2) is 18.2 Å². The number of nitrogens with two attached hydrogens (primary N) is 1. The van der Waals surface area contributed by atoms with Gasteiger partial charge in [-0.1, -0.05) is 0 Å². The van der Waals surface area contributed by atoms with Gasteiger partial charge in [0.2, 0.25) is 5.91 Å². The Labute approximate surface area is 165 Å². The number of hydrogen-bond donors (Lipinski definition) is 2. The van der Waals surface area contributed by atoms with Crippen molar-refractivity contribution < 1.29 is 14.3 Å². The van der Waals surface area contributed by atoms with Crippen LogP contribution in [-0.4, -0.2) is 25.1 Å². The molecule has 28 heavy (non-hydrogen) atoms. The van der Waals surface area contributed by atoms with Crippen molar-refractivity contribution in [2.45, 2.75) is 19.3 Å². The van der Waals surface area contributed by atoms with Gasteiger partial charge in [0.05, 0.1) is 30.0 Å². The number of benzene rings is 1. The molecule has 0 saturated carbocycles. The third-order valence-corrected chi connectivity index (χ3v) is 6.27. The summed E-state index contributed by atoms with van der Waals surface area (Å²) in [6.07, 6.45) is 0.253. The highest BCUT2D eigenvalue weighted by Gasteiger charge is 2.34. The van der Waals surface area contributed by atoms with E-state index in [0.717, 1.165) is 26.4 Å². The number of thiophene rings is 1. The van der Waals surface area contributed by atoms with Crippen LogP contribution in [0.25, 0.3) is 10.2 Å². The number of aromatic nitrogens is 1. The number of fused-ring (bicyclic) bond motifs is 3. The predicted octanol–water partition coefficient (Wildman–Crippen LogP) is 3.55. The Hall–Kier alpha value is -3.31. The van der Waals surface area contributed by atoms with Gasteiger partial charge in [-0.3, -0.25) is 4.79 Å². The number of carbonyl (C=O) groups is 1. The largest absolute Gasteiger partial charge is 0.497 e. The molecular weight excluding hydrogens is 376 g/mol. The SMILES string of the molecule is COc1ccc(OC)c(C2CC(=O)Nc3sc4c(C)c(C#N)c(N)nc4c32)c1. The highest BCUT2D eigenvalue weighted by molar-refractivity contribution is 7.23. The van der Waals surface area contributed by atoms with Gasteiger partial charge in [-0.05, 0) is 30.7 Å². The summed E-state index contributed by atoms with van der Waals surface area (Å²) in [4.78, 5) is 17.0. The van der Waals surface area contributed by atoms with Crippen molar-refractivity contribution in [3.8, 4) is 17.6 Å². The molecule has 3 aromatic rings. The van der Waals surface area contributed by atoms with Crippen LogP contribution in [0.2, 0.25) is 0 Å². The van der Waals surface area contributed by atoms with Crippen molar-refractivity contribution in [1.29, 1.82) is 5.26 Å². The Bertz CT molecular complexity index is 1160. The summed E-state index contributed by atoms with van der Waals surface area (Å²) < 4.78 is 11.8. The van der Waals surface area contributed by atoms with Crippen molar-refractivity contribution in [2.24, 2.45) is 0 Å². The first-order chi connectivity index (χ1) is 13.5. The number of nitriles is 1. The molecule has 0 bridgehead atoms. The van der Waals surface area contributed by atoms with Crippen LogP contribution in [0.1, 0.15) is 34.6 Å². The molecule has 142 valence electrons. The molecule has 0 saturated heterocycles. The number of nitrogen functional groups attached to an aromatic ring is 1. The number of carbonyl (C=O) groups excluding carboxylic acids is 1. The second kappa shape index (κ2) is 6.69. The monoisotopic (exact) mass is 394 g/mol. The van der Waals surface area contributed by atoms with E-state index in [0.29, 0.717) is 22.6 Å². The van der Waals surface area contributed by atoms with Crippen LogP contribution in [0, 0.1) is 18.3 Å². The van der Waals surface area contributed by atoms with Gasteiger partial charge in [0.15, 0.2) is 0 Å². The highest BCUT2D eigenvalue weighted by Crippen LogP contribution is 2.49. The molecule has 4 rings (SSSR count). The molecule has 0 radical (unpaired) electrons. The third-order valence-electron chi connectivity index (χ3n) is 5.04. The molecule has 8 heteroatoms. The van der Waals surface area contributed by atoms with Gasteiger partial charge in [-0.2, -0.15) is 5.26 Å². The third kappa shape index (κ3) is 2.63. The lowest BCUT2D eigenvalue weighted by molar-refractivity contribution is -0.116. The fourth-order valence-corrected chi connectivity index (χ4v) is 4.91. The first-order valence-corrected chi connectivity index (χ1v) is 9.44. The average molecular weight is 394 g/mol. The van der Waals surface area contributed by atoms with Crippen molar-refractivity contribution in [2.75, 3.05) is 25.3 Å². The number of hydrogen-bond acceptors (Lipinski definition) is 7. The highest BCUT2D eigenvalue weighted by atomic mass is 32.1. The van der Waals surface area contributed by atoms with Gasteiger partial charge < -0.3 is 20.5 Å². The molecule has 1 atom stereocenters. The molecule has 7 nitrogen and oxygen atoms in total. The van der Waals surface area contributed by atoms with Crippen LogP contribution in [-0.2, 0) is 4.79 Å². The molecule has 2 aromatic heterocycles. The summed E-state index contributed by atoms with van der Waals surface area (Å²) >= 11 is 1.42. The summed E-state index contributed by atoms with van der Waals surface area (Å²) in [7, 11) is 3.19. The fraction of sp³-hybridized carbons (Fsp3) is 0.250. The number of methoxy groups -OCH3 is 2. The van der Waals surface area contributed by atoms with Gasteiger partial charge in [-0.25, -0.2) is 4.98 Å². The summed E-state index contributed by atoms with van der Waals surface area (Å²) in [6, 6.07) is 7.65. The number of pyridine rings is 1. The standard InChI is InChI=1S/C20H18N4O3S/c1-9-13(8-21)19(22)24-17-16-12(7-15(25)23-20(16)28-18(9)17)11-6-10(26-2)4-5-14(11)27-3/h4-6,12H,7H2,1-3H3,(H2,22,24)(H,23,25). The lowest BCUT2D eigenvalue weighted by Crippen LogP contribution is -2.22. The molecule has 1 aromatic carbocycles. The minimum absolute atomic E-state index is 0.0833. The lowest BCUT2D eigenvalue weighted by atomic mass is 9.85. The Morgan fingerprint density at radius 3 is 2.82 bits per heavy atom. The number of rotatable bonds is 3. The number of nitrogens with one attached hydrogen (secondary N) is 1. The summed E-state index contributed by atoms with van der Waals surface area (Å²) in [6.45, 7) is 1.85. The van der Waals surface area contributed by atoms with E-state index < -0.39 is 0 Å². The predicted molar refractivity (Wildman–Crippen MR) is 108 cm³/mol. The van der Waals surface area contributed by atoms with Gasteiger partial charge in [-0.15, -0.1) is 11.3 Å². The van der Waals surface area contributed by atoms with E-state index >= 15 is 0 Å². The van der Waals surface area contributed by atoms with Crippen molar-refractivity contribution in [3.63, 3.8) is 0 Å².